The van der Waals surface area contributed by atoms with E-state index in [9.17, 15) is 0 Å². The van der Waals surface area contributed by atoms with Crippen molar-refractivity contribution in [1.29, 1.82) is 0 Å². The van der Waals surface area contributed by atoms with Crippen molar-refractivity contribution in [3.63, 3.8) is 0 Å². The van der Waals surface area contributed by atoms with Crippen LogP contribution in [-0.4, -0.2) is 28.6 Å². The van der Waals surface area contributed by atoms with E-state index in [2.05, 4.69) is 4.57 Å². The van der Waals surface area contributed by atoms with E-state index in [4.69, 9.17) is 17.7 Å². The van der Waals surface area contributed by atoms with Crippen LogP contribution in [0.5, 0.6) is 0 Å². The van der Waals surface area contributed by atoms with Crippen LogP contribution in [0, 0.1) is 6.92 Å². The van der Waals surface area contributed by atoms with Gasteiger partial charge in [0.1, 0.15) is 0 Å². The van der Waals surface area contributed by atoms with Crippen LogP contribution >= 0.6 is 0 Å². The fraction of sp³-hybridized carbons (Fsp3) is 0.769. The van der Waals surface area contributed by atoms with Crippen LogP contribution in [-0.2, 0) is 19.8 Å². The summed E-state index contributed by atoms with van der Waals surface area (Å²) in [5.74, 6) is 0. The number of aromatic nitrogens is 1. The lowest BCUT2D eigenvalue weighted by molar-refractivity contribution is -0.705. The largest absolute Gasteiger partial charge is 0.501 e. The van der Waals surface area contributed by atoms with Gasteiger partial charge in [0.2, 0.25) is 5.69 Å². The van der Waals surface area contributed by atoms with E-state index in [0.717, 1.165) is 24.7 Å². The Labute approximate surface area is 116 Å². The van der Waals surface area contributed by atoms with Crippen molar-refractivity contribution >= 4 is 8.80 Å². The Morgan fingerprint density at radius 1 is 1.11 bits per heavy atom. The van der Waals surface area contributed by atoms with Gasteiger partial charge in [-0.3, -0.25) is 0 Å². The Bertz CT molecular complexity index is 339. The van der Waals surface area contributed by atoms with E-state index in [1.807, 2.05) is 27.7 Å². The highest BCUT2D eigenvalue weighted by Crippen LogP contribution is 2.18. The molecule has 1 aromatic rings. The molecule has 1 heterocycles. The number of nitrogens with zero attached hydrogens (tertiary/aromatic N) is 1. The fourth-order valence-corrected chi connectivity index (χ4v) is 4.64. The van der Waals surface area contributed by atoms with Crippen LogP contribution in [0.3, 0.4) is 0 Å². The standard InChI is InChI=1S/C13H26NO4Si/c1-5-16-19(17-6-2,18-7-3)10-8-9-14-12-15-11-13(14)4/h11-12H,5-10H2,1-4H3/q+1. The number of rotatable bonds is 10. The smallest absolute Gasteiger partial charge is 0.412 e. The van der Waals surface area contributed by atoms with Crippen molar-refractivity contribution in [2.24, 2.45) is 0 Å². The fourth-order valence-electron chi connectivity index (χ4n) is 2.05. The summed E-state index contributed by atoms with van der Waals surface area (Å²) in [4.78, 5) is 0. The lowest BCUT2D eigenvalue weighted by Crippen LogP contribution is -2.47. The van der Waals surface area contributed by atoms with Crippen molar-refractivity contribution in [1.82, 2.24) is 0 Å². The van der Waals surface area contributed by atoms with E-state index >= 15 is 0 Å². The van der Waals surface area contributed by atoms with Gasteiger partial charge in [-0.15, -0.1) is 0 Å². The van der Waals surface area contributed by atoms with E-state index in [-0.39, 0.29) is 0 Å². The predicted molar refractivity (Wildman–Crippen MR) is 73.7 cm³/mol. The molecule has 0 aliphatic heterocycles. The second-order valence-corrected chi connectivity index (χ2v) is 7.01. The lowest BCUT2D eigenvalue weighted by atomic mass is 10.4. The molecule has 0 saturated heterocycles. The zero-order chi connectivity index (χ0) is 14.1. The number of aryl methyl sites for hydroxylation is 2. The molecular formula is C13H26NO4Si+. The highest BCUT2D eigenvalue weighted by Gasteiger charge is 2.40. The van der Waals surface area contributed by atoms with Gasteiger partial charge in [-0.1, -0.05) is 0 Å². The maximum absolute atomic E-state index is 5.82. The summed E-state index contributed by atoms with van der Waals surface area (Å²) in [6.07, 6.45) is 4.44. The molecule has 0 aromatic carbocycles. The minimum atomic E-state index is -2.49. The van der Waals surface area contributed by atoms with E-state index < -0.39 is 8.80 Å². The van der Waals surface area contributed by atoms with Crippen LogP contribution in [0.4, 0.5) is 0 Å². The summed E-state index contributed by atoms with van der Waals surface area (Å²) < 4.78 is 24.7. The normalized spacial score (nSPS) is 12.0. The van der Waals surface area contributed by atoms with Gasteiger partial charge < -0.3 is 17.7 Å². The van der Waals surface area contributed by atoms with Crippen LogP contribution in [0.1, 0.15) is 32.9 Å². The van der Waals surface area contributed by atoms with Gasteiger partial charge in [-0.2, -0.15) is 4.57 Å². The van der Waals surface area contributed by atoms with Gasteiger partial charge in [0.25, 0.3) is 0 Å². The van der Waals surface area contributed by atoms with Crippen LogP contribution in [0.25, 0.3) is 0 Å². The zero-order valence-electron chi connectivity index (χ0n) is 12.5. The van der Waals surface area contributed by atoms with Crippen molar-refractivity contribution in [3.8, 4) is 0 Å². The molecular weight excluding hydrogens is 262 g/mol. The van der Waals surface area contributed by atoms with Gasteiger partial charge in [-0.05, 0) is 20.8 Å². The first-order chi connectivity index (χ1) is 9.17. The highest BCUT2D eigenvalue weighted by molar-refractivity contribution is 6.60. The van der Waals surface area contributed by atoms with E-state index in [1.165, 1.54) is 0 Å². The van der Waals surface area contributed by atoms with Gasteiger partial charge in [0, 0.05) is 39.2 Å². The molecule has 0 amide bonds. The second-order valence-electron chi connectivity index (χ2n) is 4.28. The van der Waals surface area contributed by atoms with Gasteiger partial charge in [0.15, 0.2) is 12.8 Å². The third-order valence-corrected chi connectivity index (χ3v) is 6.01. The molecule has 0 bridgehead atoms. The molecule has 6 heteroatoms. The number of hydrogen-bond donors (Lipinski definition) is 0. The molecule has 0 aliphatic carbocycles. The third kappa shape index (κ3) is 5.06. The molecule has 0 saturated carbocycles. The first-order valence-corrected chi connectivity index (χ1v) is 8.94. The minimum absolute atomic E-state index is 0.629. The Morgan fingerprint density at radius 3 is 2.11 bits per heavy atom. The number of hydrogen-bond acceptors (Lipinski definition) is 4. The van der Waals surface area contributed by atoms with Gasteiger partial charge in [-0.25, -0.2) is 0 Å². The van der Waals surface area contributed by atoms with Gasteiger partial charge in [0.05, 0.1) is 0 Å². The monoisotopic (exact) mass is 288 g/mol. The summed E-state index contributed by atoms with van der Waals surface area (Å²) in [5.41, 5.74) is 1.12. The maximum Gasteiger partial charge on any atom is 0.501 e. The molecule has 0 spiro atoms. The van der Waals surface area contributed by atoms with Crippen molar-refractivity contribution in [2.75, 3.05) is 19.8 Å². The SMILES string of the molecule is CCO[Si](CCC[n+]1cocc1C)(OCC)OCC. The van der Waals surface area contributed by atoms with Crippen LogP contribution in [0.15, 0.2) is 17.1 Å². The third-order valence-electron chi connectivity index (χ3n) is 2.85. The van der Waals surface area contributed by atoms with Crippen LogP contribution < -0.4 is 4.57 Å². The molecule has 19 heavy (non-hydrogen) atoms. The predicted octanol–water partition coefficient (Wildman–Crippen LogP) is 2.31. The quantitative estimate of drug-likeness (QED) is 0.489. The molecule has 5 nitrogen and oxygen atoms in total. The Balaban J connectivity index is 2.53. The molecule has 0 N–H and O–H groups in total. The molecule has 110 valence electrons. The second kappa shape index (κ2) is 8.47. The summed E-state index contributed by atoms with van der Waals surface area (Å²) in [6, 6.07) is 0.833. The average Bonchev–Trinajstić information content (AvgIpc) is 2.76. The number of oxazole rings is 1. The topological polar surface area (TPSA) is 44.7 Å². The Hall–Kier alpha value is -0.693. The van der Waals surface area contributed by atoms with E-state index in [1.54, 1.807) is 12.7 Å². The summed E-state index contributed by atoms with van der Waals surface area (Å²) in [6.45, 7) is 10.8. The van der Waals surface area contributed by atoms with Crippen molar-refractivity contribution < 1.29 is 22.3 Å². The minimum Gasteiger partial charge on any atom is -0.412 e. The molecule has 1 aromatic heterocycles. The first-order valence-electron chi connectivity index (χ1n) is 7.01. The molecule has 0 aliphatic rings. The summed E-state index contributed by atoms with van der Waals surface area (Å²) in [5, 5.41) is 0. The van der Waals surface area contributed by atoms with Crippen LogP contribution in [0.2, 0.25) is 6.04 Å². The molecule has 0 atom stereocenters. The van der Waals surface area contributed by atoms with Crippen molar-refractivity contribution in [3.05, 3.63) is 18.4 Å². The van der Waals surface area contributed by atoms with Crippen molar-refractivity contribution in [2.45, 2.75) is 46.7 Å². The maximum atomic E-state index is 5.82. The first kappa shape index (κ1) is 16.4. The average molecular weight is 288 g/mol. The van der Waals surface area contributed by atoms with Gasteiger partial charge >= 0.3 is 15.2 Å². The summed E-state index contributed by atoms with van der Waals surface area (Å²) in [7, 11) is -2.49. The lowest BCUT2D eigenvalue weighted by Gasteiger charge is -2.28. The highest BCUT2D eigenvalue weighted by atomic mass is 28.4. The molecule has 0 radical (unpaired) electrons. The molecule has 0 fully saturated rings. The Kier molecular flexibility index (Phi) is 7.30. The molecule has 0 unspecified atom stereocenters. The zero-order valence-corrected chi connectivity index (χ0v) is 13.5. The van der Waals surface area contributed by atoms with E-state index in [0.29, 0.717) is 19.8 Å². The molecule has 1 rings (SSSR count). The Morgan fingerprint density at radius 2 is 1.68 bits per heavy atom. The summed E-state index contributed by atoms with van der Waals surface area (Å²) >= 11 is 0.